The zero-order chi connectivity index (χ0) is 17.4. The van der Waals surface area contributed by atoms with Crippen LogP contribution >= 0.6 is 12.4 Å². The minimum Gasteiger partial charge on any atom is -0.325 e. The Bertz CT molecular complexity index is 910. The highest BCUT2D eigenvalue weighted by atomic mass is 35.5. The van der Waals surface area contributed by atoms with Gasteiger partial charge in [-0.2, -0.15) is 0 Å². The first-order valence-electron chi connectivity index (χ1n) is 8.71. The van der Waals surface area contributed by atoms with Gasteiger partial charge in [0.2, 0.25) is 0 Å². The molecule has 1 aliphatic heterocycles. The average molecular weight is 378 g/mol. The summed E-state index contributed by atoms with van der Waals surface area (Å²) >= 11 is 0. The Morgan fingerprint density at radius 1 is 1.12 bits per heavy atom. The van der Waals surface area contributed by atoms with Crippen LogP contribution in [0.2, 0.25) is 0 Å². The Kier molecular flexibility index (Phi) is 5.44. The molecular formula is C19H21ClFN3O2. The minimum atomic E-state index is -0.567. The molecule has 0 atom stereocenters. The van der Waals surface area contributed by atoms with Crippen molar-refractivity contribution in [1.82, 2.24) is 10.3 Å². The number of pyridine rings is 1. The summed E-state index contributed by atoms with van der Waals surface area (Å²) in [6.45, 7) is 1.34. The van der Waals surface area contributed by atoms with E-state index in [9.17, 15) is 14.0 Å². The van der Waals surface area contributed by atoms with E-state index in [1.54, 1.807) is 12.1 Å². The van der Waals surface area contributed by atoms with Gasteiger partial charge in [0, 0.05) is 12.2 Å². The number of H-pyrrole nitrogens is 1. The van der Waals surface area contributed by atoms with Crippen molar-refractivity contribution in [3.8, 4) is 0 Å². The summed E-state index contributed by atoms with van der Waals surface area (Å²) in [5.41, 5.74) is 3.22. The van der Waals surface area contributed by atoms with E-state index in [2.05, 4.69) is 15.6 Å². The Labute approximate surface area is 156 Å². The third-order valence-corrected chi connectivity index (χ3v) is 5.04. The van der Waals surface area contributed by atoms with Gasteiger partial charge in [0.1, 0.15) is 11.4 Å². The van der Waals surface area contributed by atoms with Gasteiger partial charge in [0.05, 0.1) is 5.69 Å². The van der Waals surface area contributed by atoms with Crippen LogP contribution in [-0.4, -0.2) is 17.4 Å². The third kappa shape index (κ3) is 3.39. The lowest BCUT2D eigenvalue weighted by Crippen LogP contribution is -2.27. The van der Waals surface area contributed by atoms with Crippen LogP contribution in [0.25, 0.3) is 0 Å². The predicted octanol–water partition coefficient (Wildman–Crippen LogP) is 2.71. The number of carbonyl (C=O) groups is 1. The Balaban J connectivity index is 0.00000196. The summed E-state index contributed by atoms with van der Waals surface area (Å²) in [6.07, 6.45) is 4.37. The Morgan fingerprint density at radius 2 is 1.92 bits per heavy atom. The first-order valence-corrected chi connectivity index (χ1v) is 8.71. The molecule has 0 bridgehead atoms. The zero-order valence-electron chi connectivity index (χ0n) is 14.3. The Hall–Kier alpha value is -2.18. The second kappa shape index (κ2) is 7.60. The number of fused-ring (bicyclic) bond motifs is 2. The summed E-state index contributed by atoms with van der Waals surface area (Å²) < 4.78 is 14.7. The van der Waals surface area contributed by atoms with E-state index in [1.165, 1.54) is 0 Å². The molecule has 0 spiro atoms. The number of carbonyl (C=O) groups excluding carboxylic acids is 1. The van der Waals surface area contributed by atoms with Crippen LogP contribution in [0.1, 0.15) is 45.6 Å². The molecule has 0 radical (unpaired) electrons. The molecule has 1 aromatic carbocycles. The van der Waals surface area contributed by atoms with Crippen LogP contribution in [0.5, 0.6) is 0 Å². The lowest BCUT2D eigenvalue weighted by atomic mass is 9.95. The molecule has 1 amide bonds. The summed E-state index contributed by atoms with van der Waals surface area (Å²) in [4.78, 5) is 27.6. The number of hydrogen-bond donors (Lipinski definition) is 3. The van der Waals surface area contributed by atoms with Crippen LogP contribution < -0.4 is 16.2 Å². The molecule has 7 heteroatoms. The van der Waals surface area contributed by atoms with Crippen molar-refractivity contribution in [3.63, 3.8) is 0 Å². The quantitative estimate of drug-likeness (QED) is 0.753. The molecule has 4 rings (SSSR count). The fourth-order valence-corrected chi connectivity index (χ4v) is 3.66. The molecule has 5 nitrogen and oxygen atoms in total. The van der Waals surface area contributed by atoms with Gasteiger partial charge in [-0.1, -0.05) is 6.07 Å². The van der Waals surface area contributed by atoms with E-state index in [0.717, 1.165) is 42.5 Å². The number of hydrogen-bond acceptors (Lipinski definition) is 3. The first-order chi connectivity index (χ1) is 12.1. The van der Waals surface area contributed by atoms with Crippen LogP contribution in [-0.2, 0) is 25.8 Å². The second-order valence-electron chi connectivity index (χ2n) is 6.67. The maximum Gasteiger partial charge on any atom is 0.261 e. The first kappa shape index (κ1) is 18.6. The molecule has 2 aromatic rings. The van der Waals surface area contributed by atoms with E-state index >= 15 is 0 Å². The SMILES string of the molecule is Cl.O=C(Nc1ccc2c(c1F)CCNC2)c1cc2c([nH]c1=O)CCCC2. The van der Waals surface area contributed by atoms with Crippen molar-refractivity contribution in [2.45, 2.75) is 38.6 Å². The fraction of sp³-hybridized carbons (Fsp3) is 0.368. The monoisotopic (exact) mass is 377 g/mol. The number of anilines is 1. The van der Waals surface area contributed by atoms with E-state index < -0.39 is 17.3 Å². The average Bonchev–Trinajstić information content (AvgIpc) is 2.63. The van der Waals surface area contributed by atoms with Crippen molar-refractivity contribution in [3.05, 3.63) is 62.3 Å². The topological polar surface area (TPSA) is 74.0 Å². The second-order valence-corrected chi connectivity index (χ2v) is 6.67. The summed E-state index contributed by atoms with van der Waals surface area (Å²) in [5.74, 6) is -0.968. The molecule has 0 saturated heterocycles. The third-order valence-electron chi connectivity index (χ3n) is 5.04. The highest BCUT2D eigenvalue weighted by molar-refractivity contribution is 6.04. The molecule has 26 heavy (non-hydrogen) atoms. The number of halogens is 2. The molecule has 0 saturated carbocycles. The molecule has 0 unspecified atom stereocenters. The van der Waals surface area contributed by atoms with Gasteiger partial charge in [0.15, 0.2) is 0 Å². The van der Waals surface area contributed by atoms with Gasteiger partial charge in [-0.05, 0) is 67.5 Å². The molecular weight excluding hydrogens is 357 g/mol. The molecule has 2 heterocycles. The van der Waals surface area contributed by atoms with Gasteiger partial charge >= 0.3 is 0 Å². The molecule has 1 aliphatic carbocycles. The number of aromatic nitrogens is 1. The van der Waals surface area contributed by atoms with Crippen molar-refractivity contribution in [1.29, 1.82) is 0 Å². The van der Waals surface area contributed by atoms with E-state index in [0.29, 0.717) is 25.1 Å². The summed E-state index contributed by atoms with van der Waals surface area (Å²) in [5, 5.41) is 5.76. The van der Waals surface area contributed by atoms with Crippen molar-refractivity contribution in [2.24, 2.45) is 0 Å². The van der Waals surface area contributed by atoms with Gasteiger partial charge in [-0.3, -0.25) is 9.59 Å². The van der Waals surface area contributed by atoms with Gasteiger partial charge in [-0.15, -0.1) is 12.4 Å². The summed E-state index contributed by atoms with van der Waals surface area (Å²) in [7, 11) is 0. The van der Waals surface area contributed by atoms with Gasteiger partial charge < -0.3 is 15.6 Å². The van der Waals surface area contributed by atoms with Crippen molar-refractivity contribution < 1.29 is 9.18 Å². The number of aryl methyl sites for hydroxylation is 2. The van der Waals surface area contributed by atoms with Crippen LogP contribution in [0, 0.1) is 5.82 Å². The smallest absolute Gasteiger partial charge is 0.261 e. The van der Waals surface area contributed by atoms with Crippen LogP contribution in [0.15, 0.2) is 23.0 Å². The number of amides is 1. The number of rotatable bonds is 2. The number of aromatic amines is 1. The maximum atomic E-state index is 14.7. The van der Waals surface area contributed by atoms with Crippen molar-refractivity contribution >= 4 is 24.0 Å². The number of benzene rings is 1. The largest absolute Gasteiger partial charge is 0.325 e. The van der Waals surface area contributed by atoms with E-state index in [4.69, 9.17) is 0 Å². The highest BCUT2D eigenvalue weighted by Crippen LogP contribution is 2.25. The fourth-order valence-electron chi connectivity index (χ4n) is 3.66. The minimum absolute atomic E-state index is 0. The standard InChI is InChI=1S/C19H20FN3O2.ClH/c20-17-13-7-8-21-10-12(13)5-6-16(17)23-19(25)14-9-11-3-1-2-4-15(11)22-18(14)24;/h5-6,9,21H,1-4,7-8,10H2,(H,22,24)(H,23,25);1H. The number of nitrogens with one attached hydrogen (secondary N) is 3. The molecule has 1 aromatic heterocycles. The molecule has 0 fully saturated rings. The molecule has 2 aliphatic rings. The zero-order valence-corrected chi connectivity index (χ0v) is 15.1. The van der Waals surface area contributed by atoms with Crippen molar-refractivity contribution in [2.75, 3.05) is 11.9 Å². The van der Waals surface area contributed by atoms with Gasteiger partial charge in [-0.25, -0.2) is 4.39 Å². The van der Waals surface area contributed by atoms with Crippen LogP contribution in [0.3, 0.4) is 0 Å². The Morgan fingerprint density at radius 3 is 2.77 bits per heavy atom. The lowest BCUT2D eigenvalue weighted by Gasteiger charge is -2.19. The lowest BCUT2D eigenvalue weighted by molar-refractivity contribution is 0.102. The molecule has 3 N–H and O–H groups in total. The van der Waals surface area contributed by atoms with Gasteiger partial charge in [0.25, 0.3) is 11.5 Å². The normalized spacial score (nSPS) is 15.4. The molecule has 138 valence electrons. The highest BCUT2D eigenvalue weighted by Gasteiger charge is 2.20. The van der Waals surface area contributed by atoms with Crippen LogP contribution in [0.4, 0.5) is 10.1 Å². The predicted molar refractivity (Wildman–Crippen MR) is 101 cm³/mol. The maximum absolute atomic E-state index is 14.7. The van der Waals surface area contributed by atoms with E-state index in [1.807, 2.05) is 6.07 Å². The van der Waals surface area contributed by atoms with E-state index in [-0.39, 0.29) is 23.7 Å². The summed E-state index contributed by atoms with van der Waals surface area (Å²) in [6, 6.07) is 5.03.